The van der Waals surface area contributed by atoms with Crippen molar-refractivity contribution >= 4 is 28.8 Å². The van der Waals surface area contributed by atoms with Crippen molar-refractivity contribution in [1.82, 2.24) is 9.47 Å². The van der Waals surface area contributed by atoms with Gasteiger partial charge < -0.3 is 15.2 Å². The summed E-state index contributed by atoms with van der Waals surface area (Å²) in [7, 11) is 0. The highest BCUT2D eigenvalue weighted by atomic mass is 16.2. The second kappa shape index (κ2) is 7.22. The molecule has 1 aliphatic heterocycles. The standard InChI is InChI=1S/C19H20N4O2/c20-9-3-10-22-12-14(16-4-1-2-5-17(16)22)6-7-18(24)23-11-8-15(13-23)19(21)25/h1-2,4-7,12,15H,3,8,10-11,13H2,(H2,21,25)/b7-6-/t15-/m0/s1. The Kier molecular flexibility index (Phi) is 4.85. The molecular weight excluding hydrogens is 316 g/mol. The van der Waals surface area contributed by atoms with Crippen LogP contribution in [-0.2, 0) is 16.1 Å². The molecule has 0 radical (unpaired) electrons. The quantitative estimate of drug-likeness (QED) is 0.845. The van der Waals surface area contributed by atoms with Gasteiger partial charge in [-0.15, -0.1) is 0 Å². The Balaban J connectivity index is 1.78. The molecule has 2 aromatic rings. The normalized spacial score (nSPS) is 17.2. The maximum absolute atomic E-state index is 12.3. The van der Waals surface area contributed by atoms with Crippen LogP contribution < -0.4 is 5.73 Å². The molecule has 1 aromatic heterocycles. The number of hydrogen-bond acceptors (Lipinski definition) is 3. The van der Waals surface area contributed by atoms with Crippen molar-refractivity contribution in [3.63, 3.8) is 0 Å². The van der Waals surface area contributed by atoms with Gasteiger partial charge in [0.2, 0.25) is 11.8 Å². The number of nitrogens with two attached hydrogens (primary N) is 1. The minimum atomic E-state index is -0.347. The maximum Gasteiger partial charge on any atom is 0.246 e. The summed E-state index contributed by atoms with van der Waals surface area (Å²) in [5.74, 6) is -0.706. The van der Waals surface area contributed by atoms with Crippen molar-refractivity contribution in [2.24, 2.45) is 11.7 Å². The summed E-state index contributed by atoms with van der Waals surface area (Å²) in [5, 5.41) is 9.85. The molecule has 0 spiro atoms. The summed E-state index contributed by atoms with van der Waals surface area (Å²) < 4.78 is 2.03. The number of nitriles is 1. The minimum Gasteiger partial charge on any atom is -0.369 e. The highest BCUT2D eigenvalue weighted by Gasteiger charge is 2.28. The summed E-state index contributed by atoms with van der Waals surface area (Å²) in [6, 6.07) is 10.1. The first-order valence-corrected chi connectivity index (χ1v) is 8.31. The van der Waals surface area contributed by atoms with Gasteiger partial charge in [0.05, 0.1) is 18.4 Å². The summed E-state index contributed by atoms with van der Waals surface area (Å²) >= 11 is 0. The highest BCUT2D eigenvalue weighted by molar-refractivity contribution is 5.96. The molecule has 2 N–H and O–H groups in total. The molecule has 1 aliphatic rings. The molecule has 6 heteroatoms. The van der Waals surface area contributed by atoms with Gasteiger partial charge in [0.15, 0.2) is 0 Å². The average Bonchev–Trinajstić information content (AvgIpc) is 3.23. The van der Waals surface area contributed by atoms with E-state index in [-0.39, 0.29) is 17.7 Å². The molecule has 0 aliphatic carbocycles. The zero-order valence-corrected chi connectivity index (χ0v) is 13.9. The predicted octanol–water partition coefficient (Wildman–Crippen LogP) is 1.90. The lowest BCUT2D eigenvalue weighted by Crippen LogP contribution is -2.30. The van der Waals surface area contributed by atoms with Crippen LogP contribution >= 0.6 is 0 Å². The molecule has 1 aromatic carbocycles. The molecule has 0 saturated carbocycles. The molecule has 1 atom stereocenters. The maximum atomic E-state index is 12.3. The van der Waals surface area contributed by atoms with E-state index >= 15 is 0 Å². The fourth-order valence-corrected chi connectivity index (χ4v) is 3.22. The molecule has 1 saturated heterocycles. The van der Waals surface area contributed by atoms with E-state index in [1.165, 1.54) is 0 Å². The topological polar surface area (TPSA) is 92.1 Å². The largest absolute Gasteiger partial charge is 0.369 e. The number of carbonyl (C=O) groups excluding carboxylic acids is 2. The van der Waals surface area contributed by atoms with Gasteiger partial charge in [0.1, 0.15) is 0 Å². The molecule has 0 unspecified atom stereocenters. The Bertz CT molecular complexity index is 875. The van der Waals surface area contributed by atoms with Crippen LogP contribution in [0.4, 0.5) is 0 Å². The number of para-hydroxylation sites is 1. The first-order valence-electron chi connectivity index (χ1n) is 8.31. The van der Waals surface area contributed by atoms with Crippen LogP contribution in [0.1, 0.15) is 18.4 Å². The molecule has 2 amide bonds. The number of fused-ring (bicyclic) bond motifs is 1. The van der Waals surface area contributed by atoms with Gasteiger partial charge in [0, 0.05) is 48.4 Å². The fraction of sp³-hybridized carbons (Fsp3) is 0.316. The number of rotatable bonds is 5. The third-order valence-corrected chi connectivity index (χ3v) is 4.59. The van der Waals surface area contributed by atoms with Crippen LogP contribution in [0.3, 0.4) is 0 Å². The first kappa shape index (κ1) is 16.8. The van der Waals surface area contributed by atoms with E-state index in [0.717, 1.165) is 16.5 Å². The Morgan fingerprint density at radius 2 is 2.16 bits per heavy atom. The Hall–Kier alpha value is -3.07. The van der Waals surface area contributed by atoms with Crippen LogP contribution in [0.15, 0.2) is 36.5 Å². The van der Waals surface area contributed by atoms with E-state index in [9.17, 15) is 9.59 Å². The third kappa shape index (κ3) is 3.56. The van der Waals surface area contributed by atoms with Gasteiger partial charge in [-0.2, -0.15) is 5.26 Å². The van der Waals surface area contributed by atoms with Crippen molar-refractivity contribution in [2.45, 2.75) is 19.4 Å². The number of aromatic nitrogens is 1. The summed E-state index contributed by atoms with van der Waals surface area (Å²) in [6.07, 6.45) is 6.36. The fourth-order valence-electron chi connectivity index (χ4n) is 3.22. The lowest BCUT2D eigenvalue weighted by Gasteiger charge is -2.12. The average molecular weight is 336 g/mol. The molecule has 6 nitrogen and oxygen atoms in total. The van der Waals surface area contributed by atoms with Crippen molar-refractivity contribution in [2.75, 3.05) is 13.1 Å². The SMILES string of the molecule is N#CCCn1cc(/C=C\C(=O)N2CC[C@H](C(N)=O)C2)c2ccccc21. The zero-order valence-electron chi connectivity index (χ0n) is 13.9. The number of aryl methyl sites for hydroxylation is 1. The van der Waals surface area contributed by atoms with E-state index in [2.05, 4.69) is 6.07 Å². The summed E-state index contributed by atoms with van der Waals surface area (Å²) in [4.78, 5) is 25.2. The van der Waals surface area contributed by atoms with Crippen LogP contribution in [0.5, 0.6) is 0 Å². The van der Waals surface area contributed by atoms with E-state index in [0.29, 0.717) is 32.5 Å². The zero-order chi connectivity index (χ0) is 17.8. The summed E-state index contributed by atoms with van der Waals surface area (Å²) in [5.41, 5.74) is 7.29. The smallest absolute Gasteiger partial charge is 0.246 e. The number of carbonyl (C=O) groups is 2. The van der Waals surface area contributed by atoms with E-state index < -0.39 is 0 Å². The lowest BCUT2D eigenvalue weighted by atomic mass is 10.1. The second-order valence-corrected chi connectivity index (χ2v) is 6.21. The van der Waals surface area contributed by atoms with Crippen molar-refractivity contribution in [3.05, 3.63) is 42.1 Å². The third-order valence-electron chi connectivity index (χ3n) is 4.59. The second-order valence-electron chi connectivity index (χ2n) is 6.21. The molecule has 128 valence electrons. The number of nitrogens with zero attached hydrogens (tertiary/aromatic N) is 3. The van der Waals surface area contributed by atoms with Gasteiger partial charge in [-0.3, -0.25) is 9.59 Å². The number of amides is 2. The predicted molar refractivity (Wildman–Crippen MR) is 95.1 cm³/mol. The Morgan fingerprint density at radius 3 is 2.88 bits per heavy atom. The summed E-state index contributed by atoms with van der Waals surface area (Å²) in [6.45, 7) is 1.56. The van der Waals surface area contributed by atoms with E-state index in [4.69, 9.17) is 11.0 Å². The van der Waals surface area contributed by atoms with Gasteiger partial charge in [-0.1, -0.05) is 18.2 Å². The molecule has 25 heavy (non-hydrogen) atoms. The van der Waals surface area contributed by atoms with Gasteiger partial charge in [-0.05, 0) is 18.6 Å². The Labute approximate surface area is 146 Å². The monoisotopic (exact) mass is 336 g/mol. The van der Waals surface area contributed by atoms with Gasteiger partial charge in [0.25, 0.3) is 0 Å². The van der Waals surface area contributed by atoms with Gasteiger partial charge in [-0.25, -0.2) is 0 Å². The van der Waals surface area contributed by atoms with Gasteiger partial charge >= 0.3 is 0 Å². The highest BCUT2D eigenvalue weighted by Crippen LogP contribution is 2.23. The number of benzene rings is 1. The number of primary amides is 1. The lowest BCUT2D eigenvalue weighted by molar-refractivity contribution is -0.125. The van der Waals surface area contributed by atoms with Crippen LogP contribution in [0, 0.1) is 17.2 Å². The van der Waals surface area contributed by atoms with Crippen LogP contribution in [0.2, 0.25) is 0 Å². The van der Waals surface area contributed by atoms with Crippen LogP contribution in [-0.4, -0.2) is 34.4 Å². The molecule has 0 bridgehead atoms. The van der Waals surface area contributed by atoms with E-state index in [1.54, 1.807) is 17.1 Å². The minimum absolute atomic E-state index is 0.113. The molecular formula is C19H20N4O2. The molecule has 2 heterocycles. The molecule has 1 fully saturated rings. The van der Waals surface area contributed by atoms with Crippen molar-refractivity contribution < 1.29 is 9.59 Å². The molecule has 3 rings (SSSR count). The van der Waals surface area contributed by atoms with Crippen molar-refractivity contribution in [3.8, 4) is 6.07 Å². The van der Waals surface area contributed by atoms with Crippen molar-refractivity contribution in [1.29, 1.82) is 5.26 Å². The number of likely N-dealkylation sites (tertiary alicyclic amines) is 1. The number of hydrogen-bond donors (Lipinski definition) is 1. The van der Waals surface area contributed by atoms with Crippen LogP contribution in [0.25, 0.3) is 17.0 Å². The van der Waals surface area contributed by atoms with E-state index in [1.807, 2.05) is 35.0 Å². The first-order chi connectivity index (χ1) is 12.1. The Morgan fingerprint density at radius 1 is 1.36 bits per heavy atom.